The Hall–Kier alpha value is -4.84. The quantitative estimate of drug-likeness (QED) is 0.123. The molecule has 196 valence electrons. The zero-order valence-electron chi connectivity index (χ0n) is 20.0. The van der Waals surface area contributed by atoms with Gasteiger partial charge in [0, 0.05) is 16.6 Å². The normalized spacial score (nSPS) is 15.3. The molecule has 4 rings (SSSR count). The maximum atomic E-state index is 11.8. The molecule has 0 fully saturated rings. The number of sulfone groups is 1. The van der Waals surface area contributed by atoms with E-state index in [1.54, 1.807) is 18.2 Å². The van der Waals surface area contributed by atoms with Gasteiger partial charge in [0.05, 0.1) is 22.3 Å². The average Bonchev–Trinajstić information content (AvgIpc) is 2.90. The van der Waals surface area contributed by atoms with Crippen molar-refractivity contribution in [1.82, 2.24) is 0 Å². The number of nitrogens with zero attached hydrogens (tertiary/aromatic N) is 3. The minimum atomic E-state index is -4.02. The minimum Gasteiger partial charge on any atom is -0.510 e. The van der Waals surface area contributed by atoms with Gasteiger partial charge >= 0.3 is 11.7 Å². The van der Waals surface area contributed by atoms with Crippen LogP contribution in [0.4, 0.5) is 5.69 Å². The molecular formula is C25H23N5O7S. The Morgan fingerprint density at radius 2 is 1.74 bits per heavy atom. The number of allylic oxidation sites excluding steroid dienone is 1. The Labute approximate surface area is 216 Å². The fourth-order valence-corrected chi connectivity index (χ4v) is 5.08. The zero-order valence-corrected chi connectivity index (χ0v) is 20.8. The number of hydrogen-bond acceptors (Lipinski definition) is 8. The topological polar surface area (TPSA) is 223 Å². The number of nitrogen functional groups attached to an aromatic ring is 1. The summed E-state index contributed by atoms with van der Waals surface area (Å²) in [6, 6.07) is 17.1. The molecule has 38 heavy (non-hydrogen) atoms. The van der Waals surface area contributed by atoms with Gasteiger partial charge in [0.25, 0.3) is 5.70 Å². The minimum absolute atomic E-state index is 0.259. The number of aliphatic hydroxyl groups is 1. The summed E-state index contributed by atoms with van der Waals surface area (Å²) >= 11 is 0. The number of rotatable bonds is 5. The van der Waals surface area contributed by atoms with E-state index >= 15 is 0 Å². The second-order valence-electron chi connectivity index (χ2n) is 8.01. The second kappa shape index (κ2) is 11.0. The Morgan fingerprint density at radius 3 is 2.34 bits per heavy atom. The van der Waals surface area contributed by atoms with E-state index in [1.807, 2.05) is 42.5 Å². The average molecular weight is 538 g/mol. The lowest BCUT2D eigenvalue weighted by atomic mass is 9.95. The van der Waals surface area contributed by atoms with E-state index in [1.165, 1.54) is 6.92 Å². The molecule has 1 unspecified atom stereocenters. The highest BCUT2D eigenvalue weighted by Crippen LogP contribution is 2.34. The van der Waals surface area contributed by atoms with Crippen LogP contribution in [-0.2, 0) is 9.84 Å². The van der Waals surface area contributed by atoms with Crippen molar-refractivity contribution in [2.75, 3.05) is 11.5 Å². The van der Waals surface area contributed by atoms with E-state index in [2.05, 4.69) is 4.79 Å². The lowest BCUT2D eigenvalue weighted by Crippen LogP contribution is -2.40. The number of benzene rings is 3. The first kappa shape index (κ1) is 27.7. The van der Waals surface area contributed by atoms with Crippen molar-refractivity contribution in [3.63, 3.8) is 0 Å². The van der Waals surface area contributed by atoms with Gasteiger partial charge in [0.1, 0.15) is 5.76 Å². The van der Waals surface area contributed by atoms with E-state index < -0.39 is 54.6 Å². The van der Waals surface area contributed by atoms with Crippen LogP contribution in [0.5, 0.6) is 0 Å². The van der Waals surface area contributed by atoms with Crippen LogP contribution < -0.4 is 11.5 Å². The van der Waals surface area contributed by atoms with Gasteiger partial charge in [-0.05, 0) is 17.0 Å². The largest absolute Gasteiger partial charge is 0.510 e. The Kier molecular flexibility index (Phi) is 8.07. The molecule has 0 heterocycles. The Morgan fingerprint density at radius 1 is 1.11 bits per heavy atom. The first-order valence-corrected chi connectivity index (χ1v) is 12.7. The molecule has 0 aromatic heterocycles. The molecule has 0 aliphatic heterocycles. The van der Waals surface area contributed by atoms with Crippen molar-refractivity contribution < 1.29 is 33.1 Å². The lowest BCUT2D eigenvalue weighted by molar-refractivity contribution is -0.419. The van der Waals surface area contributed by atoms with E-state index in [0.717, 1.165) is 16.3 Å². The van der Waals surface area contributed by atoms with Crippen molar-refractivity contribution in [3.8, 4) is 11.1 Å². The Bertz CT molecular complexity index is 1670. The Balaban J connectivity index is 0.000000212. The van der Waals surface area contributed by atoms with Gasteiger partial charge in [-0.3, -0.25) is 10.1 Å². The molecule has 3 aromatic rings. The molecule has 6 N–H and O–H groups in total. The monoisotopic (exact) mass is 537 g/mol. The fourth-order valence-electron chi connectivity index (χ4n) is 3.85. The van der Waals surface area contributed by atoms with Crippen molar-refractivity contribution in [2.24, 2.45) is 5.73 Å². The van der Waals surface area contributed by atoms with E-state index in [9.17, 15) is 33.5 Å². The number of anilines is 1. The summed E-state index contributed by atoms with van der Waals surface area (Å²) < 4.78 is 23.5. The molecule has 1 aliphatic carbocycles. The summed E-state index contributed by atoms with van der Waals surface area (Å²) in [5.41, 5.74) is 21.1. The van der Waals surface area contributed by atoms with Gasteiger partial charge in [-0.25, -0.2) is 13.2 Å². The number of hydrogen-bond donors (Lipinski definition) is 4. The van der Waals surface area contributed by atoms with Crippen LogP contribution in [0, 0.1) is 10.1 Å². The number of nitro groups is 1. The summed E-state index contributed by atoms with van der Waals surface area (Å²) in [6.07, 6.45) is 0.641. The number of carboxylic acid groups (broad SMARTS) is 1. The first-order chi connectivity index (χ1) is 17.9. The smallest absolute Gasteiger partial charge is 0.341 e. The SMILES string of the molecule is CCS(=O)(=O)C1=C([N+](=O)[O-])C=C(O)C(N)C1=[N+]=[N-].Nc1c(-c2ccccc2C(=O)O)ccc2ccccc12. The van der Waals surface area contributed by atoms with Gasteiger partial charge < -0.3 is 27.2 Å². The third-order valence-corrected chi connectivity index (χ3v) is 7.58. The third kappa shape index (κ3) is 5.30. The maximum absolute atomic E-state index is 11.8. The maximum Gasteiger partial charge on any atom is 0.341 e. The molecule has 13 heteroatoms. The summed E-state index contributed by atoms with van der Waals surface area (Å²) in [7, 11) is -4.02. The molecule has 0 radical (unpaired) electrons. The summed E-state index contributed by atoms with van der Waals surface area (Å²) in [4.78, 5) is 23.0. The zero-order chi connectivity index (χ0) is 28.2. The molecular weight excluding hydrogens is 514 g/mol. The molecule has 3 aromatic carbocycles. The molecule has 1 aliphatic rings. The standard InChI is InChI=1S/C17H13NO2.C8H10N4O5S/c18-16-12-6-2-1-5-11(12)9-10-14(16)13-7-3-4-8-15(13)17(19)20;1-2-18(16,17)8-4(12(14)15)3-5(13)6(9)7(8)11-10/h1-10H,18H2,(H,19,20);3,6,13H,2,9H2,1H3. The van der Waals surface area contributed by atoms with Gasteiger partial charge in [-0.2, -0.15) is 4.79 Å². The van der Waals surface area contributed by atoms with Crippen molar-refractivity contribution in [1.29, 1.82) is 0 Å². The van der Waals surface area contributed by atoms with Crippen molar-refractivity contribution >= 4 is 38.0 Å². The van der Waals surface area contributed by atoms with Crippen LogP contribution in [0.15, 0.2) is 83.1 Å². The number of nitrogens with two attached hydrogens (primary N) is 2. The fraction of sp³-hybridized carbons (Fsp3) is 0.120. The number of carbonyl (C=O) groups is 1. The van der Waals surface area contributed by atoms with Crippen LogP contribution in [0.3, 0.4) is 0 Å². The van der Waals surface area contributed by atoms with Crippen LogP contribution in [0.25, 0.3) is 27.4 Å². The van der Waals surface area contributed by atoms with Crippen LogP contribution in [0.1, 0.15) is 17.3 Å². The number of aromatic carboxylic acids is 1. The van der Waals surface area contributed by atoms with Crippen LogP contribution >= 0.6 is 0 Å². The summed E-state index contributed by atoms with van der Waals surface area (Å²) in [5.74, 6) is -2.03. The molecule has 0 amide bonds. The van der Waals surface area contributed by atoms with Crippen molar-refractivity contribution in [3.05, 3.63) is 104 Å². The molecule has 0 spiro atoms. The predicted octanol–water partition coefficient (Wildman–Crippen LogP) is 3.15. The van der Waals surface area contributed by atoms with Crippen LogP contribution in [-0.4, -0.2) is 51.8 Å². The van der Waals surface area contributed by atoms with Gasteiger partial charge in [-0.15, -0.1) is 0 Å². The highest BCUT2D eigenvalue weighted by Gasteiger charge is 2.45. The number of fused-ring (bicyclic) bond motifs is 1. The molecule has 12 nitrogen and oxygen atoms in total. The van der Waals surface area contributed by atoms with Gasteiger partial charge in [0.2, 0.25) is 4.91 Å². The van der Waals surface area contributed by atoms with Crippen LogP contribution in [0.2, 0.25) is 0 Å². The molecule has 1 atom stereocenters. The summed E-state index contributed by atoms with van der Waals surface area (Å²) in [6.45, 7) is 1.28. The van der Waals surface area contributed by atoms with Gasteiger partial charge in [-0.1, -0.05) is 61.5 Å². The predicted molar refractivity (Wildman–Crippen MR) is 142 cm³/mol. The van der Waals surface area contributed by atoms with E-state index in [4.69, 9.17) is 17.0 Å². The van der Waals surface area contributed by atoms with Crippen molar-refractivity contribution in [2.45, 2.75) is 13.0 Å². The third-order valence-electron chi connectivity index (χ3n) is 5.78. The van der Waals surface area contributed by atoms with E-state index in [0.29, 0.717) is 17.3 Å². The van der Waals surface area contributed by atoms with E-state index in [-0.39, 0.29) is 5.56 Å². The molecule has 0 saturated heterocycles. The van der Waals surface area contributed by atoms with Gasteiger partial charge in [0.15, 0.2) is 15.9 Å². The highest BCUT2D eigenvalue weighted by atomic mass is 32.2. The molecule has 0 saturated carbocycles. The lowest BCUT2D eigenvalue weighted by Gasteiger charge is -2.13. The highest BCUT2D eigenvalue weighted by molar-refractivity contribution is 7.96. The number of aliphatic hydroxyl groups excluding tert-OH is 1. The second-order valence-corrected chi connectivity index (χ2v) is 10.2. The first-order valence-electron chi connectivity index (χ1n) is 11.0. The molecule has 0 bridgehead atoms. The number of carboxylic acids is 1. The summed E-state index contributed by atoms with van der Waals surface area (Å²) in [5, 5.41) is 31.4.